The Kier molecular flexibility index (Phi) is 5.35. The van der Waals surface area contributed by atoms with Gasteiger partial charge < -0.3 is 15.2 Å². The van der Waals surface area contributed by atoms with Crippen LogP contribution < -0.4 is 10.1 Å². The second-order valence-electron chi connectivity index (χ2n) is 4.38. The van der Waals surface area contributed by atoms with Crippen LogP contribution in [0, 0.1) is 5.92 Å². The van der Waals surface area contributed by atoms with E-state index >= 15 is 0 Å². The van der Waals surface area contributed by atoms with E-state index in [2.05, 4.69) is 21.2 Å². The van der Waals surface area contributed by atoms with Gasteiger partial charge >= 0.3 is 5.97 Å². The summed E-state index contributed by atoms with van der Waals surface area (Å²) in [5, 5.41) is 11.6. The van der Waals surface area contributed by atoms with Crippen molar-refractivity contribution in [1.29, 1.82) is 0 Å². The van der Waals surface area contributed by atoms with Gasteiger partial charge in [-0.25, -0.2) is 4.79 Å². The molecular weight excluding hydrogens is 314 g/mol. The van der Waals surface area contributed by atoms with Crippen LogP contribution in [0.1, 0.15) is 24.2 Å². The Hall–Kier alpha value is -1.56. The molecule has 0 aliphatic rings. The zero-order valence-corrected chi connectivity index (χ0v) is 12.5. The van der Waals surface area contributed by atoms with E-state index in [0.29, 0.717) is 15.8 Å². The van der Waals surface area contributed by atoms with Gasteiger partial charge in [0.2, 0.25) is 0 Å². The summed E-state index contributed by atoms with van der Waals surface area (Å²) in [5.41, 5.74) is 0.339. The Morgan fingerprint density at radius 1 is 1.37 bits per heavy atom. The van der Waals surface area contributed by atoms with Crippen LogP contribution in [0.15, 0.2) is 22.7 Å². The molecule has 0 radical (unpaired) electrons. The lowest BCUT2D eigenvalue weighted by Gasteiger charge is -2.18. The number of hydrogen-bond donors (Lipinski definition) is 2. The molecule has 1 aromatic carbocycles. The van der Waals surface area contributed by atoms with Gasteiger partial charge in [0.1, 0.15) is 11.8 Å². The van der Waals surface area contributed by atoms with Gasteiger partial charge in [-0.15, -0.1) is 0 Å². The lowest BCUT2D eigenvalue weighted by molar-refractivity contribution is -0.140. The van der Waals surface area contributed by atoms with Crippen molar-refractivity contribution in [3.05, 3.63) is 28.2 Å². The van der Waals surface area contributed by atoms with Gasteiger partial charge in [-0.3, -0.25) is 4.79 Å². The van der Waals surface area contributed by atoms with Gasteiger partial charge in [0.25, 0.3) is 5.91 Å². The molecule has 5 nitrogen and oxygen atoms in total. The molecule has 0 spiro atoms. The highest BCUT2D eigenvalue weighted by Crippen LogP contribution is 2.22. The highest BCUT2D eigenvalue weighted by molar-refractivity contribution is 9.10. The van der Waals surface area contributed by atoms with E-state index in [0.717, 1.165) is 0 Å². The number of amides is 1. The number of ether oxygens (including phenoxy) is 1. The molecule has 1 amide bonds. The maximum Gasteiger partial charge on any atom is 0.326 e. The molecule has 0 saturated carbocycles. The number of halogens is 1. The zero-order valence-electron chi connectivity index (χ0n) is 10.9. The Bertz CT molecular complexity index is 488. The minimum Gasteiger partial charge on any atom is -0.497 e. The monoisotopic (exact) mass is 329 g/mol. The van der Waals surface area contributed by atoms with Crippen LogP contribution in [0.25, 0.3) is 0 Å². The Balaban J connectivity index is 2.97. The van der Waals surface area contributed by atoms with Gasteiger partial charge in [-0.1, -0.05) is 13.8 Å². The van der Waals surface area contributed by atoms with E-state index in [-0.39, 0.29) is 5.92 Å². The second-order valence-corrected chi connectivity index (χ2v) is 5.23. The fraction of sp³-hybridized carbons (Fsp3) is 0.385. The van der Waals surface area contributed by atoms with Gasteiger partial charge in [-0.2, -0.15) is 0 Å². The summed E-state index contributed by atoms with van der Waals surface area (Å²) < 4.78 is 5.62. The van der Waals surface area contributed by atoms with Crippen molar-refractivity contribution in [3.63, 3.8) is 0 Å². The minimum absolute atomic E-state index is 0.203. The first-order valence-electron chi connectivity index (χ1n) is 5.74. The highest BCUT2D eigenvalue weighted by Gasteiger charge is 2.24. The largest absolute Gasteiger partial charge is 0.497 e. The molecule has 1 aromatic rings. The number of aliphatic carboxylic acids is 1. The van der Waals surface area contributed by atoms with Crippen LogP contribution in [0.4, 0.5) is 0 Å². The van der Waals surface area contributed by atoms with Crippen molar-refractivity contribution >= 4 is 27.8 Å². The average Bonchev–Trinajstić information content (AvgIpc) is 2.35. The summed E-state index contributed by atoms with van der Waals surface area (Å²) in [6.45, 7) is 3.47. The fourth-order valence-corrected chi connectivity index (χ4v) is 1.96. The number of carbonyl (C=O) groups excluding carboxylic acids is 1. The summed E-state index contributed by atoms with van der Waals surface area (Å²) in [5.74, 6) is -1.18. The predicted molar refractivity (Wildman–Crippen MR) is 74.4 cm³/mol. The van der Waals surface area contributed by atoms with Gasteiger partial charge in [-0.05, 0) is 40.0 Å². The van der Waals surface area contributed by atoms with Crippen LogP contribution in [-0.2, 0) is 4.79 Å². The molecular formula is C13H16BrNO4. The first-order valence-corrected chi connectivity index (χ1v) is 6.53. The molecule has 0 bridgehead atoms. The number of carboxylic acid groups (broad SMARTS) is 1. The SMILES string of the molecule is COc1ccc(Br)c(C(=O)N[C@@H](C(=O)O)C(C)C)c1. The summed E-state index contributed by atoms with van der Waals surface area (Å²) in [7, 11) is 1.50. The Morgan fingerprint density at radius 3 is 2.47 bits per heavy atom. The standard InChI is InChI=1S/C13H16BrNO4/c1-7(2)11(13(17)18)15-12(16)9-6-8(19-3)4-5-10(9)14/h4-7,11H,1-3H3,(H,15,16)(H,17,18)/t11-/m1/s1. The molecule has 0 aliphatic carbocycles. The lowest BCUT2D eigenvalue weighted by atomic mass is 10.0. The summed E-state index contributed by atoms with van der Waals surface area (Å²) in [4.78, 5) is 23.2. The quantitative estimate of drug-likeness (QED) is 0.869. The summed E-state index contributed by atoms with van der Waals surface area (Å²) >= 11 is 3.26. The highest BCUT2D eigenvalue weighted by atomic mass is 79.9. The number of methoxy groups -OCH3 is 1. The van der Waals surface area contributed by atoms with Crippen LogP contribution in [0.5, 0.6) is 5.75 Å². The molecule has 19 heavy (non-hydrogen) atoms. The van der Waals surface area contributed by atoms with Crippen molar-refractivity contribution in [1.82, 2.24) is 5.32 Å². The van der Waals surface area contributed by atoms with E-state index in [1.807, 2.05) is 0 Å². The van der Waals surface area contributed by atoms with E-state index in [1.54, 1.807) is 32.0 Å². The van der Waals surface area contributed by atoms with Gasteiger partial charge in [0.15, 0.2) is 0 Å². The van der Waals surface area contributed by atoms with Crippen molar-refractivity contribution in [2.24, 2.45) is 5.92 Å². The van der Waals surface area contributed by atoms with Crippen LogP contribution in [0.2, 0.25) is 0 Å². The van der Waals surface area contributed by atoms with Crippen molar-refractivity contribution in [2.45, 2.75) is 19.9 Å². The zero-order chi connectivity index (χ0) is 14.6. The topological polar surface area (TPSA) is 75.6 Å². The molecule has 1 rings (SSSR count). The van der Waals surface area contributed by atoms with E-state index in [1.165, 1.54) is 7.11 Å². The maximum atomic E-state index is 12.1. The Morgan fingerprint density at radius 2 is 2.00 bits per heavy atom. The third-order valence-corrected chi connectivity index (χ3v) is 3.33. The van der Waals surface area contributed by atoms with E-state index in [4.69, 9.17) is 9.84 Å². The first-order chi connectivity index (χ1) is 8.86. The molecule has 1 atom stereocenters. The number of hydrogen-bond acceptors (Lipinski definition) is 3. The summed E-state index contributed by atoms with van der Waals surface area (Å²) in [6, 6.07) is 4.01. The molecule has 0 aromatic heterocycles. The predicted octanol–water partition coefficient (Wildman–Crippen LogP) is 2.30. The molecule has 0 fully saturated rings. The average molecular weight is 330 g/mol. The first kappa shape index (κ1) is 15.5. The third kappa shape index (κ3) is 3.96. The number of carbonyl (C=O) groups is 2. The van der Waals surface area contributed by atoms with Gasteiger partial charge in [0.05, 0.1) is 12.7 Å². The van der Waals surface area contributed by atoms with Crippen LogP contribution >= 0.6 is 15.9 Å². The summed E-state index contributed by atoms with van der Waals surface area (Å²) in [6.07, 6.45) is 0. The molecule has 104 valence electrons. The van der Waals surface area contributed by atoms with Crippen LogP contribution in [-0.4, -0.2) is 30.1 Å². The minimum atomic E-state index is -1.05. The van der Waals surface area contributed by atoms with E-state index < -0.39 is 17.9 Å². The van der Waals surface area contributed by atoms with Crippen molar-refractivity contribution in [3.8, 4) is 5.75 Å². The van der Waals surface area contributed by atoms with Crippen molar-refractivity contribution in [2.75, 3.05) is 7.11 Å². The number of nitrogens with one attached hydrogen (secondary N) is 1. The molecule has 0 aliphatic heterocycles. The molecule has 2 N–H and O–H groups in total. The maximum absolute atomic E-state index is 12.1. The molecule has 6 heteroatoms. The Labute approximate surface area is 120 Å². The van der Waals surface area contributed by atoms with E-state index in [9.17, 15) is 9.59 Å². The van der Waals surface area contributed by atoms with Crippen molar-refractivity contribution < 1.29 is 19.4 Å². The van der Waals surface area contributed by atoms with Crippen LogP contribution in [0.3, 0.4) is 0 Å². The number of benzene rings is 1. The van der Waals surface area contributed by atoms with Gasteiger partial charge in [0, 0.05) is 4.47 Å². The third-order valence-electron chi connectivity index (χ3n) is 2.64. The molecule has 0 heterocycles. The number of rotatable bonds is 5. The number of carboxylic acids is 1. The normalized spacial score (nSPS) is 12.1. The molecule has 0 unspecified atom stereocenters. The lowest BCUT2D eigenvalue weighted by Crippen LogP contribution is -2.44. The molecule has 0 saturated heterocycles. The second kappa shape index (κ2) is 6.56. The smallest absolute Gasteiger partial charge is 0.326 e. The fourth-order valence-electron chi connectivity index (χ4n) is 1.54.